The van der Waals surface area contributed by atoms with Crippen molar-refractivity contribution in [2.45, 2.75) is 0 Å². The Morgan fingerprint density at radius 3 is 2.00 bits per heavy atom. The smallest absolute Gasteiger partial charge is 0.167 e. The largest absolute Gasteiger partial charge is 0.455 e. The summed E-state index contributed by atoms with van der Waals surface area (Å²) in [7, 11) is 0. The van der Waals surface area contributed by atoms with Crippen LogP contribution in [0.1, 0.15) is 6.85 Å². The Kier molecular flexibility index (Phi) is 5.58. The molecule has 9 aromatic carbocycles. The first-order valence-electron chi connectivity index (χ1n) is 21.0. The minimum atomic E-state index is -0.495. The molecule has 2 aromatic heterocycles. The van der Waals surface area contributed by atoms with E-state index in [9.17, 15) is 0 Å². The predicted octanol–water partition coefficient (Wildman–Crippen LogP) is 13.7. The molecular formula is C51H30N4O. The van der Waals surface area contributed by atoms with Crippen LogP contribution in [-0.4, -0.2) is 15.0 Å². The maximum absolute atomic E-state index is 8.98. The summed E-state index contributed by atoms with van der Waals surface area (Å²) >= 11 is 0. The number of anilines is 3. The number of fused-ring (bicyclic) bond motifs is 8. The molecule has 56 heavy (non-hydrogen) atoms. The molecule has 5 heteroatoms. The lowest BCUT2D eigenvalue weighted by molar-refractivity contribution is 0.669. The number of hydrogen-bond donors (Lipinski definition) is 0. The van der Waals surface area contributed by atoms with Gasteiger partial charge in [-0.3, -0.25) is 0 Å². The van der Waals surface area contributed by atoms with E-state index in [-0.39, 0.29) is 23.0 Å². The molecule has 0 radical (unpaired) electrons. The lowest BCUT2D eigenvalue weighted by Crippen LogP contribution is -2.16. The van der Waals surface area contributed by atoms with Gasteiger partial charge in [0, 0.05) is 43.9 Å². The molecule has 0 aliphatic carbocycles. The monoisotopic (exact) mass is 719 g/mol. The normalized spacial score (nSPS) is 13.5. The Morgan fingerprint density at radius 1 is 0.464 bits per heavy atom. The summed E-state index contributed by atoms with van der Waals surface area (Å²) in [5.41, 5.74) is 7.64. The van der Waals surface area contributed by atoms with E-state index in [1.54, 1.807) is 0 Å². The molecule has 5 nitrogen and oxygen atoms in total. The van der Waals surface area contributed by atoms with Crippen molar-refractivity contribution in [1.29, 1.82) is 0 Å². The molecule has 3 heterocycles. The summed E-state index contributed by atoms with van der Waals surface area (Å²) in [6.45, 7) is 0. The van der Waals surface area contributed by atoms with Gasteiger partial charge in [-0.1, -0.05) is 152 Å². The van der Waals surface area contributed by atoms with Crippen molar-refractivity contribution < 1.29 is 11.3 Å². The molecule has 260 valence electrons. The number of para-hydroxylation sites is 2. The molecule has 1 aliphatic rings. The van der Waals surface area contributed by atoms with Crippen molar-refractivity contribution in [2.24, 2.45) is 0 Å². The summed E-state index contributed by atoms with van der Waals surface area (Å²) in [5, 5.41) is 8.10. The molecule has 1 aliphatic heterocycles. The van der Waals surface area contributed by atoms with E-state index in [4.69, 9.17) is 26.2 Å². The zero-order valence-corrected chi connectivity index (χ0v) is 29.6. The van der Waals surface area contributed by atoms with Crippen molar-refractivity contribution in [3.8, 4) is 45.3 Å². The van der Waals surface area contributed by atoms with Crippen LogP contribution in [0.5, 0.6) is 0 Å². The Morgan fingerprint density at radius 2 is 1.12 bits per heavy atom. The number of hydrogen-bond acceptors (Lipinski definition) is 5. The van der Waals surface area contributed by atoms with Crippen LogP contribution in [0.25, 0.3) is 99.5 Å². The van der Waals surface area contributed by atoms with Gasteiger partial charge in [0.1, 0.15) is 11.2 Å². The summed E-state index contributed by atoms with van der Waals surface area (Å²) in [6, 6.07) is 49.3. The third-order valence-electron chi connectivity index (χ3n) is 10.9. The molecular weight excluding hydrogens is 685 g/mol. The van der Waals surface area contributed by atoms with E-state index in [1.807, 2.05) is 60.7 Å². The van der Waals surface area contributed by atoms with Gasteiger partial charge in [0.25, 0.3) is 0 Å². The first kappa shape index (κ1) is 26.2. The second-order valence-corrected chi connectivity index (χ2v) is 14.0. The van der Waals surface area contributed by atoms with Crippen LogP contribution in [0, 0.1) is 0 Å². The van der Waals surface area contributed by atoms with Gasteiger partial charge in [-0.15, -0.1) is 0 Å². The van der Waals surface area contributed by atoms with Crippen molar-refractivity contribution in [3.63, 3.8) is 0 Å². The molecule has 0 atom stereocenters. The second-order valence-electron chi connectivity index (χ2n) is 14.0. The molecule has 0 unspecified atom stereocenters. The molecule has 0 fully saturated rings. The molecule has 0 saturated carbocycles. The van der Waals surface area contributed by atoms with E-state index < -0.39 is 30.2 Å². The van der Waals surface area contributed by atoms with E-state index >= 15 is 0 Å². The van der Waals surface area contributed by atoms with Crippen molar-refractivity contribution in [3.05, 3.63) is 182 Å². The summed E-state index contributed by atoms with van der Waals surface area (Å²) in [5.74, 6) is 0.457. The fourth-order valence-electron chi connectivity index (χ4n) is 8.46. The number of rotatable bonds is 4. The summed E-state index contributed by atoms with van der Waals surface area (Å²) in [6.07, 6.45) is 0. The van der Waals surface area contributed by atoms with Crippen LogP contribution in [-0.2, 0) is 0 Å². The Balaban J connectivity index is 1.18. The van der Waals surface area contributed by atoms with Crippen LogP contribution >= 0.6 is 0 Å². The SMILES string of the molecule is [2H]c1c([2H])c([2H])c(-c2nc(-c3cc(N4c5c(ccc6ccccc56)-c5cccc6cccc4c56)cc4ccccc34)nc(-c3cccc4c3oc3ccccc34)n2)c([2H])c1[2H]. The average Bonchev–Trinajstić information content (AvgIpc) is 3.69. The van der Waals surface area contributed by atoms with Crippen LogP contribution < -0.4 is 4.90 Å². The quantitative estimate of drug-likeness (QED) is 0.181. The van der Waals surface area contributed by atoms with Gasteiger partial charge in [-0.2, -0.15) is 0 Å². The van der Waals surface area contributed by atoms with Gasteiger partial charge < -0.3 is 9.32 Å². The number of benzene rings is 9. The third kappa shape index (κ3) is 4.58. The van der Waals surface area contributed by atoms with Gasteiger partial charge in [0.2, 0.25) is 0 Å². The highest BCUT2D eigenvalue weighted by molar-refractivity contribution is 6.19. The zero-order valence-electron chi connectivity index (χ0n) is 34.6. The highest BCUT2D eigenvalue weighted by Gasteiger charge is 2.29. The molecule has 0 saturated heterocycles. The zero-order chi connectivity index (χ0) is 41.1. The van der Waals surface area contributed by atoms with Crippen LogP contribution in [0.3, 0.4) is 0 Å². The van der Waals surface area contributed by atoms with Gasteiger partial charge in [-0.25, -0.2) is 15.0 Å². The number of nitrogens with zero attached hydrogens (tertiary/aromatic N) is 4. The van der Waals surface area contributed by atoms with Gasteiger partial charge in [-0.05, 0) is 57.4 Å². The lowest BCUT2D eigenvalue weighted by Gasteiger charge is -2.35. The van der Waals surface area contributed by atoms with Crippen molar-refractivity contribution in [1.82, 2.24) is 15.0 Å². The summed E-state index contributed by atoms with van der Waals surface area (Å²) in [4.78, 5) is 17.4. The van der Waals surface area contributed by atoms with E-state index in [2.05, 4.69) is 95.9 Å². The predicted molar refractivity (Wildman–Crippen MR) is 230 cm³/mol. The van der Waals surface area contributed by atoms with Crippen LogP contribution in [0.2, 0.25) is 0 Å². The van der Waals surface area contributed by atoms with Crippen molar-refractivity contribution >= 4 is 71.3 Å². The molecule has 12 rings (SSSR count). The van der Waals surface area contributed by atoms with E-state index in [0.29, 0.717) is 22.3 Å². The molecule has 0 bridgehead atoms. The summed E-state index contributed by atoms with van der Waals surface area (Å²) < 4.78 is 49.9. The molecule has 0 spiro atoms. The highest BCUT2D eigenvalue weighted by Crippen LogP contribution is 2.54. The molecule has 11 aromatic rings. The minimum Gasteiger partial charge on any atom is -0.455 e. The Bertz CT molecular complexity index is 3660. The Labute approximate surface area is 328 Å². The van der Waals surface area contributed by atoms with Crippen LogP contribution in [0.15, 0.2) is 186 Å². The maximum Gasteiger partial charge on any atom is 0.167 e. The fraction of sp³-hybridized carbons (Fsp3) is 0. The second kappa shape index (κ2) is 11.9. The van der Waals surface area contributed by atoms with Gasteiger partial charge in [0.15, 0.2) is 17.5 Å². The lowest BCUT2D eigenvalue weighted by atomic mass is 9.88. The standard InChI is InChI=1S/C51H30N4O/c1-2-14-33(15-3-1)49-52-50(42-24-12-23-41-38-21-8-9-26-45(38)56-48(41)42)54-51(53-49)43-30-35(29-34-16-5-6-19-36(34)43)55-44-25-11-18-32-17-10-22-39(46(32)44)40-28-27-31-13-4-7-20-37(31)47(40)55/h1-30H/i1D,2D,3D,14D,15D. The molecule has 0 N–H and O–H groups in total. The maximum atomic E-state index is 8.98. The highest BCUT2D eigenvalue weighted by atomic mass is 16.3. The van der Waals surface area contributed by atoms with E-state index in [0.717, 1.165) is 71.3 Å². The Hall–Kier alpha value is -7.63. The van der Waals surface area contributed by atoms with Gasteiger partial charge >= 0.3 is 0 Å². The molecule has 0 amide bonds. The minimum absolute atomic E-state index is 0.0485. The fourth-order valence-corrected chi connectivity index (χ4v) is 8.46. The van der Waals surface area contributed by atoms with Crippen LogP contribution in [0.4, 0.5) is 17.1 Å². The number of aromatic nitrogens is 3. The van der Waals surface area contributed by atoms with Gasteiger partial charge in [0.05, 0.1) is 23.8 Å². The first-order chi connectivity index (χ1) is 29.8. The van der Waals surface area contributed by atoms with E-state index in [1.165, 1.54) is 0 Å². The third-order valence-corrected chi connectivity index (χ3v) is 10.9. The topological polar surface area (TPSA) is 55.1 Å². The van der Waals surface area contributed by atoms with Crippen molar-refractivity contribution in [2.75, 3.05) is 4.90 Å². The number of furan rings is 1. The first-order valence-corrected chi connectivity index (χ1v) is 18.5. The average molecular weight is 720 g/mol.